The smallest absolute Gasteiger partial charge is 0.260 e. The number of nitrogens with one attached hydrogen (secondary N) is 1. The molecule has 2 aromatic rings. The lowest BCUT2D eigenvalue weighted by molar-refractivity contribution is -0.119. The van der Waals surface area contributed by atoms with Gasteiger partial charge in [0, 0.05) is 0 Å². The number of hydrogen-bond donors (Lipinski definition) is 1. The number of anilines is 1. The lowest BCUT2D eigenvalue weighted by Gasteiger charge is -2.21. The Bertz CT molecular complexity index is 1030. The minimum absolute atomic E-state index is 0.0469. The van der Waals surface area contributed by atoms with Gasteiger partial charge in [-0.3, -0.25) is 9.10 Å². The molecule has 0 atom stereocenters. The number of carbonyl (C=O) groups excluding carboxylic acids is 1. The minimum atomic E-state index is -3.81. The molecule has 0 unspecified atom stereocenters. The Morgan fingerprint density at radius 1 is 1.16 bits per heavy atom. The van der Waals surface area contributed by atoms with Crippen LogP contribution in [0.3, 0.4) is 0 Å². The lowest BCUT2D eigenvalue weighted by Crippen LogP contribution is -2.39. The monoisotopic (exact) mass is 451 g/mol. The van der Waals surface area contributed by atoms with Gasteiger partial charge in [-0.25, -0.2) is 18.2 Å². The number of halogens is 1. The number of hydrazone groups is 1. The van der Waals surface area contributed by atoms with Crippen LogP contribution in [0.5, 0.6) is 11.5 Å². The molecule has 0 heterocycles. The summed E-state index contributed by atoms with van der Waals surface area (Å²) < 4.78 is 49.5. The number of carbonyl (C=O) groups is 1. The SMILES string of the molecule is CCCOc1ccc(/C=N\NC(=O)CN(c2cccc(F)c2)S(C)(=O)=O)cc1OCC. The standard InChI is InChI=1S/C21H26FN3O5S/c1-4-11-30-19-10-9-16(12-20(19)29-5-2)14-23-24-21(26)15-25(31(3,27)28)18-8-6-7-17(22)13-18/h6-10,12-14H,4-5,11,15H2,1-3H3,(H,24,26)/b23-14-. The van der Waals surface area contributed by atoms with Crippen LogP contribution in [0.15, 0.2) is 47.6 Å². The van der Waals surface area contributed by atoms with Crippen molar-refractivity contribution >= 4 is 27.8 Å². The largest absolute Gasteiger partial charge is 0.490 e. The third-order valence-electron chi connectivity index (χ3n) is 3.92. The number of hydrogen-bond acceptors (Lipinski definition) is 6. The third-order valence-corrected chi connectivity index (χ3v) is 5.06. The molecule has 0 saturated heterocycles. The Labute approximate surface area is 181 Å². The second-order valence-electron chi connectivity index (χ2n) is 6.53. The number of nitrogens with zero attached hydrogens (tertiary/aromatic N) is 2. The molecule has 0 aliphatic heterocycles. The van der Waals surface area contributed by atoms with E-state index >= 15 is 0 Å². The first-order valence-electron chi connectivity index (χ1n) is 9.69. The molecule has 0 aromatic heterocycles. The fourth-order valence-corrected chi connectivity index (χ4v) is 3.43. The first-order valence-corrected chi connectivity index (χ1v) is 11.5. The highest BCUT2D eigenvalue weighted by Crippen LogP contribution is 2.28. The van der Waals surface area contributed by atoms with Gasteiger partial charge in [0.2, 0.25) is 10.0 Å². The Hall–Kier alpha value is -3.14. The summed E-state index contributed by atoms with van der Waals surface area (Å²) in [6.45, 7) is 4.33. The van der Waals surface area contributed by atoms with Gasteiger partial charge in [-0.15, -0.1) is 0 Å². The molecule has 0 radical (unpaired) electrons. The molecule has 0 aliphatic rings. The molecule has 31 heavy (non-hydrogen) atoms. The maximum absolute atomic E-state index is 13.5. The van der Waals surface area contributed by atoms with E-state index in [1.54, 1.807) is 18.2 Å². The van der Waals surface area contributed by atoms with Crippen molar-refractivity contribution in [3.8, 4) is 11.5 Å². The number of amides is 1. The van der Waals surface area contributed by atoms with E-state index in [1.165, 1.54) is 24.4 Å². The van der Waals surface area contributed by atoms with Crippen molar-refractivity contribution in [1.29, 1.82) is 0 Å². The molecule has 0 spiro atoms. The predicted octanol–water partition coefficient (Wildman–Crippen LogP) is 2.93. The summed E-state index contributed by atoms with van der Waals surface area (Å²) in [4.78, 5) is 12.2. The fourth-order valence-electron chi connectivity index (χ4n) is 2.58. The van der Waals surface area contributed by atoms with Crippen molar-refractivity contribution in [2.24, 2.45) is 5.10 Å². The van der Waals surface area contributed by atoms with Crippen LogP contribution in [0, 0.1) is 5.82 Å². The number of sulfonamides is 1. The summed E-state index contributed by atoms with van der Waals surface area (Å²) >= 11 is 0. The van der Waals surface area contributed by atoms with Crippen molar-refractivity contribution < 1.29 is 27.1 Å². The van der Waals surface area contributed by atoms with Crippen molar-refractivity contribution in [3.05, 3.63) is 53.8 Å². The second kappa shape index (κ2) is 11.3. The number of ether oxygens (including phenoxy) is 2. The quantitative estimate of drug-likeness (QED) is 0.419. The summed E-state index contributed by atoms with van der Waals surface area (Å²) in [6, 6.07) is 10.2. The topological polar surface area (TPSA) is 97.3 Å². The van der Waals surface area contributed by atoms with E-state index in [0.29, 0.717) is 30.3 Å². The summed E-state index contributed by atoms with van der Waals surface area (Å²) in [5, 5.41) is 3.86. The van der Waals surface area contributed by atoms with Crippen LogP contribution in [0.2, 0.25) is 0 Å². The van der Waals surface area contributed by atoms with Crippen LogP contribution < -0.4 is 19.2 Å². The van der Waals surface area contributed by atoms with E-state index in [0.717, 1.165) is 23.0 Å². The third kappa shape index (κ3) is 7.56. The molecule has 0 bridgehead atoms. The normalized spacial score (nSPS) is 11.4. The first kappa shape index (κ1) is 24.1. The Morgan fingerprint density at radius 2 is 1.94 bits per heavy atom. The predicted molar refractivity (Wildman–Crippen MR) is 118 cm³/mol. The number of benzene rings is 2. The van der Waals surface area contributed by atoms with Gasteiger partial charge in [-0.1, -0.05) is 13.0 Å². The Kier molecular flexibility index (Phi) is 8.80. The van der Waals surface area contributed by atoms with Crippen molar-refractivity contribution in [1.82, 2.24) is 5.43 Å². The van der Waals surface area contributed by atoms with Crippen LogP contribution in [0.4, 0.5) is 10.1 Å². The molecule has 168 valence electrons. The molecule has 8 nitrogen and oxygen atoms in total. The zero-order chi connectivity index (χ0) is 22.9. The zero-order valence-corrected chi connectivity index (χ0v) is 18.5. The highest BCUT2D eigenvalue weighted by molar-refractivity contribution is 7.92. The maximum Gasteiger partial charge on any atom is 0.260 e. The lowest BCUT2D eigenvalue weighted by atomic mass is 10.2. The van der Waals surface area contributed by atoms with Gasteiger partial charge in [0.05, 0.1) is 31.4 Å². The van der Waals surface area contributed by atoms with Crippen LogP contribution in [-0.4, -0.2) is 46.6 Å². The minimum Gasteiger partial charge on any atom is -0.490 e. The van der Waals surface area contributed by atoms with E-state index in [2.05, 4.69) is 10.5 Å². The molecular weight excluding hydrogens is 425 g/mol. The second-order valence-corrected chi connectivity index (χ2v) is 8.44. The highest BCUT2D eigenvalue weighted by Gasteiger charge is 2.21. The highest BCUT2D eigenvalue weighted by atomic mass is 32.2. The summed E-state index contributed by atoms with van der Waals surface area (Å²) in [7, 11) is -3.81. The van der Waals surface area contributed by atoms with Gasteiger partial charge >= 0.3 is 0 Å². The molecule has 0 fully saturated rings. The van der Waals surface area contributed by atoms with Gasteiger partial charge in [-0.05, 0) is 55.3 Å². The van der Waals surface area contributed by atoms with E-state index in [4.69, 9.17) is 9.47 Å². The molecule has 2 aromatic carbocycles. The molecule has 0 saturated carbocycles. The average Bonchev–Trinajstić information content (AvgIpc) is 2.71. The maximum atomic E-state index is 13.5. The summed E-state index contributed by atoms with van der Waals surface area (Å²) in [5.41, 5.74) is 2.97. The fraction of sp³-hybridized carbons (Fsp3) is 0.333. The van der Waals surface area contributed by atoms with Crippen molar-refractivity contribution in [2.45, 2.75) is 20.3 Å². The van der Waals surface area contributed by atoms with Crippen molar-refractivity contribution in [2.75, 3.05) is 30.3 Å². The van der Waals surface area contributed by atoms with Crippen LogP contribution in [0.1, 0.15) is 25.8 Å². The van der Waals surface area contributed by atoms with Crippen LogP contribution >= 0.6 is 0 Å². The molecule has 2 rings (SSSR count). The molecular formula is C21H26FN3O5S. The van der Waals surface area contributed by atoms with E-state index in [-0.39, 0.29) is 5.69 Å². The van der Waals surface area contributed by atoms with Gasteiger partial charge in [-0.2, -0.15) is 5.10 Å². The van der Waals surface area contributed by atoms with E-state index in [9.17, 15) is 17.6 Å². The Morgan fingerprint density at radius 3 is 2.58 bits per heavy atom. The van der Waals surface area contributed by atoms with E-state index < -0.39 is 28.3 Å². The van der Waals surface area contributed by atoms with Gasteiger partial charge in [0.15, 0.2) is 11.5 Å². The molecule has 0 aliphatic carbocycles. The Balaban J connectivity index is 2.07. The molecule has 1 N–H and O–H groups in total. The van der Waals surface area contributed by atoms with E-state index in [1.807, 2.05) is 13.8 Å². The molecule has 10 heteroatoms. The zero-order valence-electron chi connectivity index (χ0n) is 17.7. The van der Waals surface area contributed by atoms with Crippen LogP contribution in [-0.2, 0) is 14.8 Å². The van der Waals surface area contributed by atoms with Crippen molar-refractivity contribution in [3.63, 3.8) is 0 Å². The van der Waals surface area contributed by atoms with Gasteiger partial charge in [0.1, 0.15) is 12.4 Å². The molecule has 1 amide bonds. The first-order chi connectivity index (χ1) is 14.7. The number of rotatable bonds is 11. The van der Waals surface area contributed by atoms with Gasteiger partial charge in [0.25, 0.3) is 5.91 Å². The average molecular weight is 452 g/mol. The summed E-state index contributed by atoms with van der Waals surface area (Å²) in [6.07, 6.45) is 3.20. The summed E-state index contributed by atoms with van der Waals surface area (Å²) in [5.74, 6) is -0.121. The van der Waals surface area contributed by atoms with Gasteiger partial charge < -0.3 is 9.47 Å². The van der Waals surface area contributed by atoms with Crippen LogP contribution in [0.25, 0.3) is 0 Å².